The van der Waals surface area contributed by atoms with E-state index in [2.05, 4.69) is 10.3 Å². The number of nitrogens with one attached hydrogen (secondary N) is 1. The molecule has 3 N–H and O–H groups in total. The molecule has 6 heteroatoms. The van der Waals surface area contributed by atoms with Crippen LogP contribution in [-0.2, 0) is 9.59 Å². The van der Waals surface area contributed by atoms with E-state index in [9.17, 15) is 9.59 Å². The molecule has 1 aromatic heterocycles. The van der Waals surface area contributed by atoms with Gasteiger partial charge in [-0.1, -0.05) is 6.07 Å². The number of nitrogens with zero attached hydrogens (tertiary/aromatic N) is 2. The van der Waals surface area contributed by atoms with Crippen molar-refractivity contribution in [3.05, 3.63) is 30.6 Å². The van der Waals surface area contributed by atoms with E-state index >= 15 is 0 Å². The zero-order valence-corrected chi connectivity index (χ0v) is 11.7. The highest BCUT2D eigenvalue weighted by Gasteiger charge is 2.31. The van der Waals surface area contributed by atoms with Gasteiger partial charge in [0.15, 0.2) is 0 Å². The lowest BCUT2D eigenvalue weighted by Gasteiger charge is -2.29. The van der Waals surface area contributed by atoms with E-state index in [1.54, 1.807) is 12.4 Å². The Bertz CT molecular complexity index is 729. The average molecular weight is 284 g/mol. The number of likely N-dealkylation sites (tertiary alicyclic amines) is 1. The highest BCUT2D eigenvalue weighted by Crippen LogP contribution is 2.29. The molecule has 0 radical (unpaired) electrons. The summed E-state index contributed by atoms with van der Waals surface area (Å²) in [6, 6.07) is 5.16. The molecule has 1 fully saturated rings. The average Bonchev–Trinajstić information content (AvgIpc) is 2.50. The Kier molecular flexibility index (Phi) is 3.21. The van der Waals surface area contributed by atoms with E-state index in [0.717, 1.165) is 10.8 Å². The molecular formula is C15H16N4O2. The molecule has 6 nitrogen and oxygen atoms in total. The Labute approximate surface area is 121 Å². The first-order chi connectivity index (χ1) is 10.1. The highest BCUT2D eigenvalue weighted by molar-refractivity contribution is 6.03. The number of carbonyl (C=O) groups excluding carboxylic acids is 2. The molecule has 1 aliphatic heterocycles. The van der Waals surface area contributed by atoms with Crippen molar-refractivity contribution in [2.24, 2.45) is 0 Å². The Hall–Kier alpha value is -2.63. The predicted molar refractivity (Wildman–Crippen MR) is 80.6 cm³/mol. The Morgan fingerprint density at radius 3 is 2.95 bits per heavy atom. The molecule has 2 heterocycles. The fourth-order valence-corrected chi connectivity index (χ4v) is 2.56. The SMILES string of the molecule is CN1C(=O)CCC(Nc2ccc3cnccc3c2N)C1=O. The van der Waals surface area contributed by atoms with E-state index in [4.69, 9.17) is 5.73 Å². The summed E-state index contributed by atoms with van der Waals surface area (Å²) in [6.45, 7) is 0. The van der Waals surface area contributed by atoms with Crippen molar-refractivity contribution in [2.45, 2.75) is 18.9 Å². The summed E-state index contributed by atoms with van der Waals surface area (Å²) in [5.74, 6) is -0.365. The molecule has 1 saturated heterocycles. The molecule has 2 aromatic rings. The van der Waals surface area contributed by atoms with Crippen LogP contribution < -0.4 is 11.1 Å². The van der Waals surface area contributed by atoms with E-state index in [1.165, 1.54) is 11.9 Å². The maximum absolute atomic E-state index is 12.1. The smallest absolute Gasteiger partial charge is 0.251 e. The summed E-state index contributed by atoms with van der Waals surface area (Å²) in [6.07, 6.45) is 4.27. The van der Waals surface area contributed by atoms with Crippen molar-refractivity contribution in [3.63, 3.8) is 0 Å². The zero-order chi connectivity index (χ0) is 15.0. The number of aromatic nitrogens is 1. The van der Waals surface area contributed by atoms with Crippen LogP contribution in [0.15, 0.2) is 30.6 Å². The highest BCUT2D eigenvalue weighted by atomic mass is 16.2. The van der Waals surface area contributed by atoms with Crippen LogP contribution >= 0.6 is 0 Å². The van der Waals surface area contributed by atoms with Crippen LogP contribution in [0.1, 0.15) is 12.8 Å². The van der Waals surface area contributed by atoms with Crippen LogP contribution in [0.5, 0.6) is 0 Å². The van der Waals surface area contributed by atoms with Gasteiger partial charge in [0.25, 0.3) is 5.91 Å². The normalized spacial score (nSPS) is 19.1. The maximum Gasteiger partial charge on any atom is 0.251 e. The lowest BCUT2D eigenvalue weighted by atomic mass is 10.0. The third-order valence-corrected chi connectivity index (χ3v) is 3.84. The second-order valence-corrected chi connectivity index (χ2v) is 5.15. The Balaban J connectivity index is 1.90. The Morgan fingerprint density at radius 1 is 1.33 bits per heavy atom. The van der Waals surface area contributed by atoms with Crippen molar-refractivity contribution in [2.75, 3.05) is 18.1 Å². The van der Waals surface area contributed by atoms with E-state index in [1.807, 2.05) is 18.2 Å². The van der Waals surface area contributed by atoms with Crippen molar-refractivity contribution in [1.82, 2.24) is 9.88 Å². The lowest BCUT2D eigenvalue weighted by Crippen LogP contribution is -2.48. The third-order valence-electron chi connectivity index (χ3n) is 3.84. The van der Waals surface area contributed by atoms with Gasteiger partial charge in [-0.05, 0) is 18.6 Å². The fraction of sp³-hybridized carbons (Fsp3) is 0.267. The summed E-state index contributed by atoms with van der Waals surface area (Å²) in [5.41, 5.74) is 7.45. The number of nitrogens with two attached hydrogens (primary N) is 1. The molecule has 0 spiro atoms. The van der Waals surface area contributed by atoms with Crippen molar-refractivity contribution in [3.8, 4) is 0 Å². The van der Waals surface area contributed by atoms with Gasteiger partial charge in [-0.25, -0.2) is 0 Å². The van der Waals surface area contributed by atoms with Gasteiger partial charge in [0.05, 0.1) is 11.4 Å². The molecule has 108 valence electrons. The minimum absolute atomic E-state index is 0.143. The first-order valence-electron chi connectivity index (χ1n) is 6.77. The molecule has 1 aliphatic rings. The quantitative estimate of drug-likeness (QED) is 0.642. The van der Waals surface area contributed by atoms with Crippen LogP contribution in [0.2, 0.25) is 0 Å². The van der Waals surface area contributed by atoms with Gasteiger partial charge >= 0.3 is 0 Å². The first kappa shape index (κ1) is 13.4. The summed E-state index contributed by atoms with van der Waals surface area (Å²) < 4.78 is 0. The number of imide groups is 1. The number of amides is 2. The second kappa shape index (κ2) is 5.05. The summed E-state index contributed by atoms with van der Waals surface area (Å²) >= 11 is 0. The number of hydrogen-bond donors (Lipinski definition) is 2. The molecule has 0 aliphatic carbocycles. The van der Waals surface area contributed by atoms with Crippen LogP contribution in [0.25, 0.3) is 10.8 Å². The number of anilines is 2. The van der Waals surface area contributed by atoms with Crippen LogP contribution in [0, 0.1) is 0 Å². The third kappa shape index (κ3) is 2.29. The van der Waals surface area contributed by atoms with E-state index in [-0.39, 0.29) is 11.8 Å². The largest absolute Gasteiger partial charge is 0.397 e. The van der Waals surface area contributed by atoms with E-state index < -0.39 is 6.04 Å². The number of nitrogen functional groups attached to an aromatic ring is 1. The van der Waals surface area contributed by atoms with Crippen molar-refractivity contribution >= 4 is 34.0 Å². The van der Waals surface area contributed by atoms with Gasteiger partial charge in [-0.2, -0.15) is 0 Å². The van der Waals surface area contributed by atoms with Crippen LogP contribution in [0.4, 0.5) is 11.4 Å². The standard InChI is InChI=1S/C15H16N4O2/c1-19-13(20)5-4-12(15(19)21)18-11-3-2-9-8-17-7-6-10(9)14(11)16/h2-3,6-8,12,18H,4-5,16H2,1H3. The molecule has 0 bridgehead atoms. The lowest BCUT2D eigenvalue weighted by molar-refractivity contribution is -0.146. The molecule has 1 aromatic carbocycles. The predicted octanol–water partition coefficient (Wildman–Crippen LogP) is 1.38. The topological polar surface area (TPSA) is 88.3 Å². The molecule has 2 amide bonds. The first-order valence-corrected chi connectivity index (χ1v) is 6.77. The van der Waals surface area contributed by atoms with Gasteiger partial charge in [-0.3, -0.25) is 19.5 Å². The van der Waals surface area contributed by atoms with E-state index in [0.29, 0.717) is 24.2 Å². The number of rotatable bonds is 2. The van der Waals surface area contributed by atoms with Gasteiger partial charge in [0, 0.05) is 36.6 Å². The minimum Gasteiger partial charge on any atom is -0.397 e. The molecule has 1 atom stereocenters. The number of pyridine rings is 1. The van der Waals surface area contributed by atoms with Gasteiger partial charge in [0.2, 0.25) is 5.91 Å². The fourth-order valence-electron chi connectivity index (χ4n) is 2.56. The summed E-state index contributed by atoms with van der Waals surface area (Å²) in [4.78, 5) is 28.8. The summed E-state index contributed by atoms with van der Waals surface area (Å²) in [7, 11) is 1.51. The minimum atomic E-state index is -0.422. The Morgan fingerprint density at radius 2 is 2.14 bits per heavy atom. The second-order valence-electron chi connectivity index (χ2n) is 5.15. The monoisotopic (exact) mass is 284 g/mol. The number of piperidine rings is 1. The number of likely N-dealkylation sites (N-methyl/N-ethyl adjacent to an activating group) is 1. The molecule has 1 unspecified atom stereocenters. The maximum atomic E-state index is 12.1. The van der Waals surface area contributed by atoms with Crippen molar-refractivity contribution in [1.29, 1.82) is 0 Å². The molecule has 21 heavy (non-hydrogen) atoms. The van der Waals surface area contributed by atoms with Crippen molar-refractivity contribution < 1.29 is 9.59 Å². The molecule has 3 rings (SSSR count). The summed E-state index contributed by atoms with van der Waals surface area (Å²) in [5, 5.41) is 4.99. The van der Waals surface area contributed by atoms with Crippen LogP contribution in [0.3, 0.4) is 0 Å². The number of hydrogen-bond acceptors (Lipinski definition) is 5. The van der Waals surface area contributed by atoms with Crippen LogP contribution in [-0.4, -0.2) is 34.8 Å². The van der Waals surface area contributed by atoms with Gasteiger partial charge in [0.1, 0.15) is 6.04 Å². The van der Waals surface area contributed by atoms with Gasteiger partial charge in [-0.15, -0.1) is 0 Å². The van der Waals surface area contributed by atoms with Gasteiger partial charge < -0.3 is 11.1 Å². The zero-order valence-electron chi connectivity index (χ0n) is 11.7. The number of carbonyl (C=O) groups is 2. The molecule has 0 saturated carbocycles. The number of benzene rings is 1. The number of fused-ring (bicyclic) bond motifs is 1. The molecular weight excluding hydrogens is 268 g/mol.